The molecule has 4 heteroatoms. The molecule has 3 heterocycles. The van der Waals surface area contributed by atoms with Crippen LogP contribution >= 0.6 is 0 Å². The first-order chi connectivity index (χ1) is 41.2. The van der Waals surface area contributed by atoms with Gasteiger partial charge >= 0.3 is 0 Å². The summed E-state index contributed by atoms with van der Waals surface area (Å²) in [5, 5.41) is 19.7. The Kier molecular flexibility index (Phi) is 11.2. The minimum atomic E-state index is 0.575. The van der Waals surface area contributed by atoms with E-state index in [0.717, 1.165) is 149 Å². The van der Waals surface area contributed by atoms with Crippen LogP contribution in [0.3, 0.4) is 0 Å². The van der Waals surface area contributed by atoms with Gasteiger partial charge in [0, 0.05) is 65.7 Å². The van der Waals surface area contributed by atoms with Crippen LogP contribution in [-0.4, -0.2) is 13.7 Å². The monoisotopic (exact) mass is 1050 g/mol. The minimum absolute atomic E-state index is 0.575. The largest absolute Gasteiger partial charge is 0.309 e. The van der Waals surface area contributed by atoms with Crippen LogP contribution in [0, 0.1) is 11.3 Å². The maximum absolute atomic E-state index is 12.8. The summed E-state index contributed by atoms with van der Waals surface area (Å²) < 4.78 is 7.34. The van der Waals surface area contributed by atoms with E-state index in [-0.39, 0.29) is 0 Å². The Bertz CT molecular complexity index is 4830. The van der Waals surface area contributed by atoms with E-state index in [4.69, 9.17) is 0 Å². The third-order valence-corrected chi connectivity index (χ3v) is 16.9. The molecule has 0 aliphatic carbocycles. The van der Waals surface area contributed by atoms with Gasteiger partial charge in [-0.2, -0.15) is 5.26 Å². The molecule has 13 aromatic carbocycles. The van der Waals surface area contributed by atoms with Gasteiger partial charge < -0.3 is 13.7 Å². The molecule has 0 aliphatic rings. The van der Waals surface area contributed by atoms with Gasteiger partial charge in [0.2, 0.25) is 0 Å². The summed E-state index contributed by atoms with van der Waals surface area (Å²) in [5.74, 6) is 0. The van der Waals surface area contributed by atoms with E-state index in [1.807, 2.05) is 0 Å². The number of nitrogens with zero attached hydrogens (tertiary/aromatic N) is 4. The first-order valence-corrected chi connectivity index (χ1v) is 28.3. The lowest BCUT2D eigenvalue weighted by atomic mass is 9.79. The summed E-state index contributed by atoms with van der Waals surface area (Å²) in [6, 6.07) is 112. The SMILES string of the molecule is N#Cc1c(-c2ccccc2-n2c3ccccc3c3ccccc32)c(-c2ccccc2)c(-n2c3ccc(-c4ccccc4)cc3c3cc(-c4ccccc4)ccc32)c(-c2ccccc2)c1-c1ccccc1-n1c2ccccc2c2ccccc21. The second kappa shape index (κ2) is 19.5. The summed E-state index contributed by atoms with van der Waals surface area (Å²) in [4.78, 5) is 0. The smallest absolute Gasteiger partial charge is 0.100 e. The molecule has 0 saturated heterocycles. The fraction of sp³-hybridized carbons (Fsp3) is 0. The first kappa shape index (κ1) is 47.7. The lowest BCUT2D eigenvalue weighted by molar-refractivity contribution is 1.16. The highest BCUT2D eigenvalue weighted by Gasteiger charge is 2.33. The second-order valence-corrected chi connectivity index (χ2v) is 21.4. The summed E-state index contributed by atoms with van der Waals surface area (Å²) in [6.07, 6.45) is 0. The Morgan fingerprint density at radius 1 is 0.229 bits per heavy atom. The summed E-state index contributed by atoms with van der Waals surface area (Å²) in [7, 11) is 0. The van der Waals surface area contributed by atoms with E-state index in [1.54, 1.807) is 0 Å². The molecule has 0 unspecified atom stereocenters. The molecule has 0 N–H and O–H groups in total. The maximum atomic E-state index is 12.8. The van der Waals surface area contributed by atoms with Crippen LogP contribution in [0.1, 0.15) is 5.56 Å². The Balaban J connectivity index is 1.15. The van der Waals surface area contributed by atoms with Crippen molar-refractivity contribution >= 4 is 65.4 Å². The zero-order chi connectivity index (χ0) is 55.0. The molecular formula is C79H50N4. The molecule has 0 atom stereocenters. The summed E-state index contributed by atoms with van der Waals surface area (Å²) in [5.41, 5.74) is 21.9. The molecule has 0 aliphatic heterocycles. The van der Waals surface area contributed by atoms with Crippen molar-refractivity contribution in [3.05, 3.63) is 309 Å². The number of benzene rings is 13. The van der Waals surface area contributed by atoms with Gasteiger partial charge in [0.1, 0.15) is 6.07 Å². The molecule has 0 fully saturated rings. The number of hydrogen-bond acceptors (Lipinski definition) is 1. The van der Waals surface area contributed by atoms with Crippen molar-refractivity contribution in [2.24, 2.45) is 0 Å². The average molecular weight is 1060 g/mol. The molecule has 3 aromatic heterocycles. The number of aromatic nitrogens is 3. The standard InChI is InChI=1S/C79H50N4/c80-51-66-77(62-37-17-23-43-71(62)81-67-39-19-13-33-58(67)59-34-14-20-40-68(59)81)75(54-29-9-3-10-30-54)79(83-73-47-45-56(52-25-5-1-6-26-52)49-64(73)65-50-57(46-48-74(65)83)53-27-7-2-8-28-53)76(55-31-11-4-12-32-55)78(66)63-38-18-24-44-72(63)82-69-41-21-15-35-60(69)61-36-16-22-42-70(61)82/h1-50H. The van der Waals surface area contributed by atoms with Crippen molar-refractivity contribution in [3.8, 4) is 89.9 Å². The van der Waals surface area contributed by atoms with Gasteiger partial charge in [0.25, 0.3) is 0 Å². The average Bonchev–Trinajstić information content (AvgIpc) is 3.32. The highest BCUT2D eigenvalue weighted by atomic mass is 15.0. The fourth-order valence-corrected chi connectivity index (χ4v) is 13.4. The van der Waals surface area contributed by atoms with Crippen LogP contribution in [0.4, 0.5) is 0 Å². The van der Waals surface area contributed by atoms with Crippen LogP contribution < -0.4 is 0 Å². The van der Waals surface area contributed by atoms with Crippen molar-refractivity contribution in [1.82, 2.24) is 13.7 Å². The number of para-hydroxylation sites is 6. The molecule has 16 rings (SSSR count). The van der Waals surface area contributed by atoms with Crippen LogP contribution in [0.2, 0.25) is 0 Å². The Labute approximate surface area is 480 Å². The van der Waals surface area contributed by atoms with Gasteiger partial charge in [-0.1, -0.05) is 243 Å². The topological polar surface area (TPSA) is 38.6 Å². The zero-order valence-electron chi connectivity index (χ0n) is 45.2. The molecule has 4 nitrogen and oxygen atoms in total. The van der Waals surface area contributed by atoms with Gasteiger partial charge in [-0.25, -0.2) is 0 Å². The predicted molar refractivity (Wildman–Crippen MR) is 347 cm³/mol. The maximum Gasteiger partial charge on any atom is 0.100 e. The van der Waals surface area contributed by atoms with Crippen LogP contribution in [0.15, 0.2) is 303 Å². The minimum Gasteiger partial charge on any atom is -0.309 e. The Morgan fingerprint density at radius 2 is 0.530 bits per heavy atom. The van der Waals surface area contributed by atoms with Gasteiger partial charge in [-0.3, -0.25) is 0 Å². The van der Waals surface area contributed by atoms with Crippen LogP contribution in [-0.2, 0) is 0 Å². The number of fused-ring (bicyclic) bond motifs is 9. The second-order valence-electron chi connectivity index (χ2n) is 21.4. The van der Waals surface area contributed by atoms with Crippen molar-refractivity contribution in [2.45, 2.75) is 0 Å². The van der Waals surface area contributed by atoms with Crippen LogP contribution in [0.25, 0.3) is 149 Å². The molecule has 386 valence electrons. The lowest BCUT2D eigenvalue weighted by Gasteiger charge is -2.29. The van der Waals surface area contributed by atoms with Gasteiger partial charge in [0.05, 0.1) is 55.7 Å². The number of nitriles is 1. The van der Waals surface area contributed by atoms with Crippen molar-refractivity contribution in [3.63, 3.8) is 0 Å². The molecule has 0 saturated carbocycles. The van der Waals surface area contributed by atoms with Crippen molar-refractivity contribution in [2.75, 3.05) is 0 Å². The quantitative estimate of drug-likeness (QED) is 0.142. The highest BCUT2D eigenvalue weighted by Crippen LogP contribution is 2.55. The number of rotatable bonds is 9. The molecule has 0 amide bonds. The zero-order valence-corrected chi connectivity index (χ0v) is 45.2. The van der Waals surface area contributed by atoms with Gasteiger partial charge in [-0.15, -0.1) is 0 Å². The Morgan fingerprint density at radius 3 is 0.892 bits per heavy atom. The molecule has 83 heavy (non-hydrogen) atoms. The highest BCUT2D eigenvalue weighted by molar-refractivity contribution is 6.17. The summed E-state index contributed by atoms with van der Waals surface area (Å²) in [6.45, 7) is 0. The van der Waals surface area contributed by atoms with Gasteiger partial charge in [-0.05, 0) is 94.0 Å². The number of hydrogen-bond donors (Lipinski definition) is 0. The molecule has 16 aromatic rings. The van der Waals surface area contributed by atoms with Crippen molar-refractivity contribution < 1.29 is 0 Å². The van der Waals surface area contributed by atoms with E-state index in [2.05, 4.69) is 323 Å². The van der Waals surface area contributed by atoms with E-state index < -0.39 is 0 Å². The van der Waals surface area contributed by atoms with E-state index >= 15 is 0 Å². The van der Waals surface area contributed by atoms with Crippen LogP contribution in [0.5, 0.6) is 0 Å². The fourth-order valence-electron chi connectivity index (χ4n) is 13.4. The normalized spacial score (nSPS) is 11.6. The molecular weight excluding hydrogens is 1000 g/mol. The molecule has 0 spiro atoms. The lowest BCUT2D eigenvalue weighted by Crippen LogP contribution is -2.09. The van der Waals surface area contributed by atoms with Gasteiger partial charge in [0.15, 0.2) is 0 Å². The molecule has 0 radical (unpaired) electrons. The first-order valence-electron chi connectivity index (χ1n) is 28.3. The van der Waals surface area contributed by atoms with E-state index in [1.165, 1.54) is 0 Å². The summed E-state index contributed by atoms with van der Waals surface area (Å²) >= 11 is 0. The predicted octanol–water partition coefficient (Wildman–Crippen LogP) is 20.9. The van der Waals surface area contributed by atoms with E-state index in [9.17, 15) is 5.26 Å². The van der Waals surface area contributed by atoms with Crippen molar-refractivity contribution in [1.29, 1.82) is 5.26 Å². The molecule has 0 bridgehead atoms. The van der Waals surface area contributed by atoms with E-state index in [0.29, 0.717) is 5.56 Å². The third kappa shape index (κ3) is 7.53. The third-order valence-electron chi connectivity index (χ3n) is 16.9. The Hall–Kier alpha value is -11.3.